The SMILES string of the molecule is CCN(CCCC1CCN(CC(=O)N2c3ccccc3C(=O)Nc3cccnc32)CC1)C(=O)c1ccc(OC)c(OC)c1. The van der Waals surface area contributed by atoms with Gasteiger partial charge in [-0.3, -0.25) is 24.2 Å². The number of methoxy groups -OCH3 is 2. The van der Waals surface area contributed by atoms with Crippen molar-refractivity contribution in [3.05, 3.63) is 71.9 Å². The van der Waals surface area contributed by atoms with Crippen LogP contribution in [0.4, 0.5) is 17.2 Å². The third-order valence-corrected chi connectivity index (χ3v) is 8.29. The maximum atomic E-state index is 13.7. The molecule has 43 heavy (non-hydrogen) atoms. The normalized spacial score (nSPS) is 15.1. The summed E-state index contributed by atoms with van der Waals surface area (Å²) in [5.41, 5.74) is 2.09. The molecule has 2 aromatic carbocycles. The van der Waals surface area contributed by atoms with E-state index in [1.807, 2.05) is 17.9 Å². The largest absolute Gasteiger partial charge is 0.493 e. The second kappa shape index (κ2) is 13.7. The molecule has 1 saturated heterocycles. The average molecular weight is 586 g/mol. The van der Waals surface area contributed by atoms with Gasteiger partial charge in [0.05, 0.1) is 37.7 Å². The monoisotopic (exact) mass is 585 g/mol. The van der Waals surface area contributed by atoms with Gasteiger partial charge >= 0.3 is 0 Å². The van der Waals surface area contributed by atoms with Crippen LogP contribution in [0.2, 0.25) is 0 Å². The van der Waals surface area contributed by atoms with Gasteiger partial charge in [0.1, 0.15) is 0 Å². The third kappa shape index (κ3) is 6.64. The Kier molecular flexibility index (Phi) is 9.56. The predicted octanol–water partition coefficient (Wildman–Crippen LogP) is 4.98. The molecule has 0 aliphatic carbocycles. The molecule has 10 nitrogen and oxygen atoms in total. The second-order valence-electron chi connectivity index (χ2n) is 10.9. The fourth-order valence-electron chi connectivity index (χ4n) is 5.91. The van der Waals surface area contributed by atoms with E-state index in [-0.39, 0.29) is 24.3 Å². The number of hydrogen-bond donors (Lipinski definition) is 1. The van der Waals surface area contributed by atoms with Gasteiger partial charge in [-0.15, -0.1) is 0 Å². The van der Waals surface area contributed by atoms with Gasteiger partial charge < -0.3 is 19.7 Å². The van der Waals surface area contributed by atoms with E-state index >= 15 is 0 Å². The van der Waals surface area contributed by atoms with E-state index in [4.69, 9.17) is 9.47 Å². The predicted molar refractivity (Wildman–Crippen MR) is 165 cm³/mol. The zero-order valence-electron chi connectivity index (χ0n) is 25.0. The van der Waals surface area contributed by atoms with Crippen molar-refractivity contribution in [1.29, 1.82) is 0 Å². The van der Waals surface area contributed by atoms with E-state index in [0.717, 1.165) is 38.8 Å². The lowest BCUT2D eigenvalue weighted by atomic mass is 9.92. The molecule has 5 rings (SSSR count). The van der Waals surface area contributed by atoms with Gasteiger partial charge in [-0.2, -0.15) is 0 Å². The highest BCUT2D eigenvalue weighted by Crippen LogP contribution is 2.36. The van der Waals surface area contributed by atoms with Crippen LogP contribution in [0.3, 0.4) is 0 Å². The molecule has 0 bridgehead atoms. The minimum atomic E-state index is -0.256. The maximum Gasteiger partial charge on any atom is 0.257 e. The Labute approximate surface area is 252 Å². The number of nitrogens with one attached hydrogen (secondary N) is 1. The number of amides is 3. The number of rotatable bonds is 10. The molecule has 3 amide bonds. The van der Waals surface area contributed by atoms with Crippen LogP contribution in [0.5, 0.6) is 11.5 Å². The first-order valence-electron chi connectivity index (χ1n) is 14.9. The summed E-state index contributed by atoms with van der Waals surface area (Å²) in [5.74, 6) is 1.73. The molecule has 2 aliphatic heterocycles. The van der Waals surface area contributed by atoms with Gasteiger partial charge in [-0.25, -0.2) is 4.98 Å². The van der Waals surface area contributed by atoms with E-state index in [0.29, 0.717) is 58.8 Å². The van der Waals surface area contributed by atoms with Crippen molar-refractivity contribution in [2.24, 2.45) is 5.92 Å². The molecule has 3 heterocycles. The molecule has 10 heteroatoms. The Balaban J connectivity index is 1.14. The number of fused-ring (bicyclic) bond motifs is 2. The Hall–Kier alpha value is -4.44. The van der Waals surface area contributed by atoms with Crippen LogP contribution in [-0.2, 0) is 4.79 Å². The van der Waals surface area contributed by atoms with Crippen molar-refractivity contribution in [3.8, 4) is 11.5 Å². The number of aromatic nitrogens is 1. The first kappa shape index (κ1) is 30.0. The number of hydrogen-bond acceptors (Lipinski definition) is 7. The minimum Gasteiger partial charge on any atom is -0.493 e. The zero-order chi connectivity index (χ0) is 30.3. The molecule has 226 valence electrons. The van der Waals surface area contributed by atoms with Gasteiger partial charge in [-0.1, -0.05) is 12.1 Å². The molecular formula is C33H39N5O5. The lowest BCUT2D eigenvalue weighted by molar-refractivity contribution is -0.119. The number of nitrogens with zero attached hydrogens (tertiary/aromatic N) is 4. The van der Waals surface area contributed by atoms with E-state index < -0.39 is 0 Å². The van der Waals surface area contributed by atoms with Crippen LogP contribution in [-0.4, -0.2) is 79.4 Å². The molecule has 0 atom stereocenters. The summed E-state index contributed by atoms with van der Waals surface area (Å²) in [4.78, 5) is 49.8. The summed E-state index contributed by atoms with van der Waals surface area (Å²) in [7, 11) is 3.14. The lowest BCUT2D eigenvalue weighted by Crippen LogP contribution is -2.42. The molecule has 0 radical (unpaired) electrons. The summed E-state index contributed by atoms with van der Waals surface area (Å²) in [5, 5.41) is 2.89. The van der Waals surface area contributed by atoms with Gasteiger partial charge in [0, 0.05) is 24.8 Å². The first-order chi connectivity index (χ1) is 20.9. The molecule has 2 aliphatic rings. The van der Waals surface area contributed by atoms with Crippen molar-refractivity contribution < 1.29 is 23.9 Å². The van der Waals surface area contributed by atoms with Crippen LogP contribution in [0.1, 0.15) is 53.3 Å². The number of benzene rings is 2. The van der Waals surface area contributed by atoms with Crippen molar-refractivity contribution in [1.82, 2.24) is 14.8 Å². The molecule has 1 fully saturated rings. The number of carbonyl (C=O) groups excluding carboxylic acids is 3. The zero-order valence-corrected chi connectivity index (χ0v) is 25.0. The van der Waals surface area contributed by atoms with Crippen LogP contribution in [0, 0.1) is 5.92 Å². The Morgan fingerprint density at radius 3 is 2.53 bits per heavy atom. The minimum absolute atomic E-state index is 0.0140. The standard InChI is InChI=1S/C33H39N5O5/c1-4-37(33(41)24-13-14-28(42-2)29(21-24)43-3)18-8-9-23-15-19-36(20-16-23)22-30(39)38-27-12-6-5-10-25(27)32(40)35-26-11-7-17-34-31(26)38/h5-7,10-14,17,21,23H,4,8-9,15-16,18-20,22H2,1-3H3,(H,35,40). The van der Waals surface area contributed by atoms with Gasteiger partial charge in [0.15, 0.2) is 17.3 Å². The number of piperidine rings is 1. The quantitative estimate of drug-likeness (QED) is 0.358. The Morgan fingerprint density at radius 1 is 1.02 bits per heavy atom. The molecule has 0 spiro atoms. The van der Waals surface area contributed by atoms with E-state index in [1.165, 1.54) is 0 Å². The van der Waals surface area contributed by atoms with Crippen molar-refractivity contribution >= 4 is 34.9 Å². The lowest BCUT2D eigenvalue weighted by Gasteiger charge is -2.33. The summed E-state index contributed by atoms with van der Waals surface area (Å²) >= 11 is 0. The number of likely N-dealkylation sites (tertiary alicyclic amines) is 1. The van der Waals surface area contributed by atoms with Gasteiger partial charge in [-0.05, 0) is 94.1 Å². The summed E-state index contributed by atoms with van der Waals surface area (Å²) < 4.78 is 10.7. The molecule has 1 N–H and O–H groups in total. The van der Waals surface area contributed by atoms with Crippen LogP contribution in [0.15, 0.2) is 60.8 Å². The highest BCUT2D eigenvalue weighted by molar-refractivity contribution is 6.17. The summed E-state index contributed by atoms with van der Waals surface area (Å²) in [6, 6.07) is 15.9. The van der Waals surface area contributed by atoms with Crippen molar-refractivity contribution in [2.75, 3.05) is 57.2 Å². The fraction of sp³-hybridized carbons (Fsp3) is 0.394. The van der Waals surface area contributed by atoms with Crippen LogP contribution >= 0.6 is 0 Å². The third-order valence-electron chi connectivity index (χ3n) is 8.29. The second-order valence-corrected chi connectivity index (χ2v) is 10.9. The number of anilines is 3. The molecule has 3 aromatic rings. The summed E-state index contributed by atoms with van der Waals surface area (Å²) in [6.07, 6.45) is 5.57. The van der Waals surface area contributed by atoms with Crippen molar-refractivity contribution in [3.63, 3.8) is 0 Å². The highest BCUT2D eigenvalue weighted by Gasteiger charge is 2.32. The van der Waals surface area contributed by atoms with E-state index in [9.17, 15) is 14.4 Å². The number of carbonyl (C=O) groups is 3. The summed E-state index contributed by atoms with van der Waals surface area (Å²) in [6.45, 7) is 5.20. The van der Waals surface area contributed by atoms with E-state index in [2.05, 4.69) is 15.2 Å². The number of para-hydroxylation sites is 1. The molecule has 0 unspecified atom stereocenters. The maximum absolute atomic E-state index is 13.7. The molecular weight excluding hydrogens is 546 g/mol. The number of pyridine rings is 1. The average Bonchev–Trinajstić information content (AvgIpc) is 3.16. The van der Waals surface area contributed by atoms with Crippen molar-refractivity contribution in [2.45, 2.75) is 32.6 Å². The first-order valence-corrected chi connectivity index (χ1v) is 14.9. The Morgan fingerprint density at radius 2 is 1.79 bits per heavy atom. The molecule has 0 saturated carbocycles. The van der Waals surface area contributed by atoms with Crippen LogP contribution < -0.4 is 19.7 Å². The smallest absolute Gasteiger partial charge is 0.257 e. The Bertz CT molecular complexity index is 1470. The van der Waals surface area contributed by atoms with Gasteiger partial charge in [0.25, 0.3) is 11.8 Å². The number of ether oxygens (including phenoxy) is 2. The highest BCUT2D eigenvalue weighted by atomic mass is 16.5. The molecule has 1 aromatic heterocycles. The topological polar surface area (TPSA) is 104 Å². The van der Waals surface area contributed by atoms with Gasteiger partial charge in [0.2, 0.25) is 5.91 Å². The fourth-order valence-corrected chi connectivity index (χ4v) is 5.91. The van der Waals surface area contributed by atoms with Crippen LogP contribution in [0.25, 0.3) is 0 Å². The van der Waals surface area contributed by atoms with E-state index in [1.54, 1.807) is 73.8 Å².